The maximum atomic E-state index is 13.1. The molecule has 0 bridgehead atoms. The zero-order chi connectivity index (χ0) is 14.1. The molecule has 1 amide bonds. The van der Waals surface area contributed by atoms with Gasteiger partial charge in [0.05, 0.1) is 17.8 Å². The fourth-order valence-electron chi connectivity index (χ4n) is 2.00. The van der Waals surface area contributed by atoms with Gasteiger partial charge in [0.1, 0.15) is 11.4 Å². The largest absolute Gasteiger partial charge is 0.477 e. The second-order valence-electron chi connectivity index (χ2n) is 4.37. The number of fused-ring (bicyclic) bond motifs is 1. The van der Waals surface area contributed by atoms with Crippen LogP contribution >= 0.6 is 11.6 Å². The molecule has 1 aromatic carbocycles. The molecule has 0 atom stereocenters. The minimum absolute atomic E-state index is 0.0453. The minimum Gasteiger partial charge on any atom is -0.477 e. The van der Waals surface area contributed by atoms with Crippen LogP contribution in [0.2, 0.25) is 5.02 Å². The Labute approximate surface area is 119 Å². The molecule has 0 aliphatic carbocycles. The van der Waals surface area contributed by atoms with E-state index in [4.69, 9.17) is 16.3 Å². The summed E-state index contributed by atoms with van der Waals surface area (Å²) in [6.45, 7) is 1.29. The average Bonchev–Trinajstić information content (AvgIpc) is 2.87. The molecule has 1 N–H and O–H groups in total. The molecule has 0 saturated heterocycles. The van der Waals surface area contributed by atoms with Crippen molar-refractivity contribution in [2.75, 3.05) is 11.9 Å². The topological polar surface area (TPSA) is 56.2 Å². The van der Waals surface area contributed by atoms with Crippen molar-refractivity contribution in [2.45, 2.75) is 13.0 Å². The van der Waals surface area contributed by atoms with Gasteiger partial charge in [0.2, 0.25) is 5.88 Å². The number of hydrogen-bond acceptors (Lipinski definition) is 3. The Kier molecular flexibility index (Phi) is 3.31. The third-order valence-electron chi connectivity index (χ3n) is 2.97. The number of anilines is 1. The third-order valence-corrected chi connectivity index (χ3v) is 3.26. The summed E-state index contributed by atoms with van der Waals surface area (Å²) in [5, 5.41) is 6.69. The first-order valence-electron chi connectivity index (χ1n) is 6.10. The SMILES string of the molecule is O=C(Nc1ccc(F)c(Cl)c1)c1cnn2c1OCCC2. The summed E-state index contributed by atoms with van der Waals surface area (Å²) >= 11 is 5.67. The fourth-order valence-corrected chi connectivity index (χ4v) is 2.18. The van der Waals surface area contributed by atoms with Gasteiger partial charge in [0.15, 0.2) is 0 Å². The molecule has 0 spiro atoms. The molecule has 1 aliphatic heterocycles. The van der Waals surface area contributed by atoms with Crippen molar-refractivity contribution >= 4 is 23.2 Å². The van der Waals surface area contributed by atoms with Crippen LogP contribution in [0.1, 0.15) is 16.8 Å². The second kappa shape index (κ2) is 5.13. The van der Waals surface area contributed by atoms with Gasteiger partial charge in [-0.25, -0.2) is 9.07 Å². The molecule has 5 nitrogen and oxygen atoms in total. The molecule has 2 heterocycles. The van der Waals surface area contributed by atoms with Crippen LogP contribution < -0.4 is 10.1 Å². The van der Waals surface area contributed by atoms with E-state index in [2.05, 4.69) is 10.4 Å². The summed E-state index contributed by atoms with van der Waals surface area (Å²) in [5.74, 6) is -0.436. The number of aromatic nitrogens is 2. The molecule has 0 unspecified atom stereocenters. The van der Waals surface area contributed by atoms with E-state index in [0.717, 1.165) is 13.0 Å². The maximum Gasteiger partial charge on any atom is 0.262 e. The van der Waals surface area contributed by atoms with Gasteiger partial charge in [-0.3, -0.25) is 4.79 Å². The van der Waals surface area contributed by atoms with E-state index < -0.39 is 5.82 Å². The van der Waals surface area contributed by atoms with Crippen molar-refractivity contribution in [3.63, 3.8) is 0 Å². The fraction of sp³-hybridized carbons (Fsp3) is 0.231. The van der Waals surface area contributed by atoms with E-state index in [9.17, 15) is 9.18 Å². The molecule has 7 heteroatoms. The third kappa shape index (κ3) is 2.34. The Morgan fingerprint density at radius 3 is 3.15 bits per heavy atom. The first kappa shape index (κ1) is 12.9. The van der Waals surface area contributed by atoms with Crippen LogP contribution in [-0.2, 0) is 6.54 Å². The van der Waals surface area contributed by atoms with Crippen LogP contribution in [0.15, 0.2) is 24.4 Å². The number of halogens is 2. The second-order valence-corrected chi connectivity index (χ2v) is 4.78. The summed E-state index contributed by atoms with van der Waals surface area (Å²) in [6.07, 6.45) is 2.32. The standard InChI is InChI=1S/C13H11ClFN3O2/c14-10-6-8(2-3-11(10)15)17-12(19)9-7-16-18-4-1-5-20-13(9)18/h2-3,6-7H,1,4-5H2,(H,17,19). The van der Waals surface area contributed by atoms with E-state index in [0.29, 0.717) is 23.7 Å². The van der Waals surface area contributed by atoms with Gasteiger partial charge < -0.3 is 10.1 Å². The van der Waals surface area contributed by atoms with Gasteiger partial charge in [-0.05, 0) is 18.2 Å². The van der Waals surface area contributed by atoms with Crippen LogP contribution in [0.5, 0.6) is 5.88 Å². The Morgan fingerprint density at radius 1 is 1.50 bits per heavy atom. The highest BCUT2D eigenvalue weighted by molar-refractivity contribution is 6.31. The Morgan fingerprint density at radius 2 is 2.35 bits per heavy atom. The molecule has 1 aromatic heterocycles. The molecule has 3 rings (SSSR count). The Hall–Kier alpha value is -2.08. The lowest BCUT2D eigenvalue weighted by Crippen LogP contribution is -2.18. The van der Waals surface area contributed by atoms with E-state index in [1.54, 1.807) is 4.68 Å². The highest BCUT2D eigenvalue weighted by Gasteiger charge is 2.21. The number of aryl methyl sites for hydroxylation is 1. The van der Waals surface area contributed by atoms with E-state index in [-0.39, 0.29) is 10.9 Å². The number of ether oxygens (including phenoxy) is 1. The normalized spacial score (nSPS) is 13.5. The first-order valence-corrected chi connectivity index (χ1v) is 6.48. The summed E-state index contributed by atoms with van der Waals surface area (Å²) in [5.41, 5.74) is 0.766. The number of nitrogens with zero attached hydrogens (tertiary/aromatic N) is 2. The average molecular weight is 296 g/mol. The number of benzene rings is 1. The van der Waals surface area contributed by atoms with Crippen molar-refractivity contribution in [1.82, 2.24) is 9.78 Å². The van der Waals surface area contributed by atoms with E-state index in [1.807, 2.05) is 0 Å². The van der Waals surface area contributed by atoms with Crippen molar-refractivity contribution in [3.05, 3.63) is 40.8 Å². The number of carbonyl (C=O) groups is 1. The van der Waals surface area contributed by atoms with Gasteiger partial charge in [0.25, 0.3) is 5.91 Å². The molecular formula is C13H11ClFN3O2. The molecule has 0 radical (unpaired) electrons. The quantitative estimate of drug-likeness (QED) is 0.927. The molecule has 0 saturated carbocycles. The summed E-state index contributed by atoms with van der Waals surface area (Å²) in [7, 11) is 0. The smallest absolute Gasteiger partial charge is 0.262 e. The van der Waals surface area contributed by atoms with Gasteiger partial charge in [-0.2, -0.15) is 5.10 Å². The summed E-state index contributed by atoms with van der Waals surface area (Å²) in [4.78, 5) is 12.2. The molecule has 2 aromatic rings. The van der Waals surface area contributed by atoms with Crippen LogP contribution in [0.25, 0.3) is 0 Å². The molecule has 0 fully saturated rings. The lowest BCUT2D eigenvalue weighted by molar-refractivity contribution is 0.102. The van der Waals surface area contributed by atoms with Crippen LogP contribution in [0.3, 0.4) is 0 Å². The Balaban J connectivity index is 1.82. The van der Waals surface area contributed by atoms with Crippen LogP contribution in [0, 0.1) is 5.82 Å². The predicted octanol–water partition coefficient (Wildman–Crippen LogP) is 2.71. The van der Waals surface area contributed by atoms with Gasteiger partial charge in [-0.15, -0.1) is 0 Å². The van der Waals surface area contributed by atoms with Crippen LogP contribution in [0.4, 0.5) is 10.1 Å². The Bertz CT molecular complexity index is 672. The number of hydrogen-bond donors (Lipinski definition) is 1. The minimum atomic E-state index is -0.532. The van der Waals surface area contributed by atoms with Crippen molar-refractivity contribution < 1.29 is 13.9 Å². The molecular weight excluding hydrogens is 285 g/mol. The molecule has 20 heavy (non-hydrogen) atoms. The number of nitrogens with one attached hydrogen (secondary N) is 1. The lowest BCUT2D eigenvalue weighted by atomic mass is 10.2. The zero-order valence-electron chi connectivity index (χ0n) is 10.4. The number of carbonyl (C=O) groups excluding carboxylic acids is 1. The van der Waals surface area contributed by atoms with E-state index in [1.165, 1.54) is 24.4 Å². The highest BCUT2D eigenvalue weighted by Crippen LogP contribution is 2.24. The van der Waals surface area contributed by atoms with Gasteiger partial charge >= 0.3 is 0 Å². The number of rotatable bonds is 2. The monoisotopic (exact) mass is 295 g/mol. The summed E-state index contributed by atoms with van der Waals surface area (Å²) < 4.78 is 20.2. The van der Waals surface area contributed by atoms with Crippen molar-refractivity contribution in [1.29, 1.82) is 0 Å². The first-order chi connectivity index (χ1) is 9.65. The maximum absolute atomic E-state index is 13.1. The number of amides is 1. The van der Waals surface area contributed by atoms with Gasteiger partial charge in [-0.1, -0.05) is 11.6 Å². The molecule has 104 valence electrons. The van der Waals surface area contributed by atoms with Crippen molar-refractivity contribution in [3.8, 4) is 5.88 Å². The lowest BCUT2D eigenvalue weighted by Gasteiger charge is -2.15. The zero-order valence-corrected chi connectivity index (χ0v) is 11.2. The van der Waals surface area contributed by atoms with Crippen LogP contribution in [-0.4, -0.2) is 22.3 Å². The van der Waals surface area contributed by atoms with E-state index >= 15 is 0 Å². The molecule has 1 aliphatic rings. The predicted molar refractivity (Wildman–Crippen MR) is 71.7 cm³/mol. The van der Waals surface area contributed by atoms with Crippen molar-refractivity contribution in [2.24, 2.45) is 0 Å². The highest BCUT2D eigenvalue weighted by atomic mass is 35.5. The summed E-state index contributed by atoms with van der Waals surface area (Å²) in [6, 6.07) is 3.99. The van der Waals surface area contributed by atoms with Gasteiger partial charge in [0, 0.05) is 18.7 Å².